The number of aliphatic hydroxyl groups is 1. The first-order valence-corrected chi connectivity index (χ1v) is 15.5. The Morgan fingerprint density at radius 1 is 0.838 bits per heavy atom. The number of aliphatic hydroxyl groups excluding tert-OH is 1. The quantitative estimate of drug-likeness (QED) is 0.441. The number of nitrogens with zero attached hydrogens (tertiary/aromatic N) is 4. The van der Waals surface area contributed by atoms with E-state index < -0.39 is 0 Å². The summed E-state index contributed by atoms with van der Waals surface area (Å²) in [6, 6.07) is 11.8. The molecule has 200 valence electrons. The van der Waals surface area contributed by atoms with Gasteiger partial charge in [0.25, 0.3) is 0 Å². The minimum Gasteiger partial charge on any atom is -0.513 e. The molecule has 5 heteroatoms. The smallest absolute Gasteiger partial charge is 0.115 e. The molecule has 5 fully saturated rings. The SMILES string of the molecule is C=C(O)CCN1CC(c2nc3ccccc3n2C2C[C@H]3CCC[C@@H](C2)N3C2C[C@H]3CCCC[C@@H](C2)C3)C1. The fourth-order valence-electron chi connectivity index (χ4n) is 9.24. The first kappa shape index (κ1) is 24.2. The van der Waals surface area contributed by atoms with Crippen molar-refractivity contribution in [2.24, 2.45) is 11.8 Å². The Hall–Kier alpha value is -1.85. The zero-order valence-corrected chi connectivity index (χ0v) is 22.6. The second kappa shape index (κ2) is 10.0. The topological polar surface area (TPSA) is 44.5 Å². The molecule has 3 saturated heterocycles. The Bertz CT molecular complexity index is 1090. The lowest BCUT2D eigenvalue weighted by Crippen LogP contribution is -2.58. The van der Waals surface area contributed by atoms with Crippen LogP contribution in [0.3, 0.4) is 0 Å². The molecule has 6 atom stereocenters. The van der Waals surface area contributed by atoms with Crippen molar-refractivity contribution in [2.75, 3.05) is 19.6 Å². The third-order valence-corrected chi connectivity index (χ3v) is 10.8. The first-order valence-electron chi connectivity index (χ1n) is 15.5. The summed E-state index contributed by atoms with van der Waals surface area (Å²) in [6.45, 7) is 6.66. The summed E-state index contributed by atoms with van der Waals surface area (Å²) < 4.78 is 2.70. The van der Waals surface area contributed by atoms with E-state index in [0.717, 1.165) is 49.6 Å². The van der Waals surface area contributed by atoms with Gasteiger partial charge in [-0.05, 0) is 68.9 Å². The minimum atomic E-state index is 0.297. The van der Waals surface area contributed by atoms with Crippen LogP contribution in [0.25, 0.3) is 11.0 Å². The average Bonchev–Trinajstić information content (AvgIpc) is 3.14. The Labute approximate surface area is 222 Å². The molecule has 2 saturated carbocycles. The summed E-state index contributed by atoms with van der Waals surface area (Å²) in [4.78, 5) is 10.8. The highest BCUT2D eigenvalue weighted by molar-refractivity contribution is 5.76. The van der Waals surface area contributed by atoms with Crippen molar-refractivity contribution in [1.82, 2.24) is 19.4 Å². The minimum absolute atomic E-state index is 0.297. The first-order chi connectivity index (χ1) is 18.1. The number of para-hydroxylation sites is 2. The van der Waals surface area contributed by atoms with Gasteiger partial charge in [-0.3, -0.25) is 4.90 Å². The summed E-state index contributed by atoms with van der Waals surface area (Å²) in [7, 11) is 0. The Morgan fingerprint density at radius 3 is 2.24 bits per heavy atom. The van der Waals surface area contributed by atoms with Crippen LogP contribution in [0.1, 0.15) is 101 Å². The number of hydrogen-bond acceptors (Lipinski definition) is 4. The predicted octanol–water partition coefficient (Wildman–Crippen LogP) is 6.81. The lowest BCUT2D eigenvalue weighted by molar-refractivity contribution is -0.0424. The van der Waals surface area contributed by atoms with Crippen molar-refractivity contribution >= 4 is 11.0 Å². The molecule has 4 bridgehead atoms. The highest BCUT2D eigenvalue weighted by Gasteiger charge is 2.46. The number of aromatic nitrogens is 2. The van der Waals surface area contributed by atoms with Gasteiger partial charge in [0.15, 0.2) is 0 Å². The van der Waals surface area contributed by atoms with Gasteiger partial charge in [0.05, 0.1) is 16.8 Å². The zero-order chi connectivity index (χ0) is 24.9. The monoisotopic (exact) mass is 502 g/mol. The maximum absolute atomic E-state index is 9.53. The second-order valence-corrected chi connectivity index (χ2v) is 13.3. The van der Waals surface area contributed by atoms with Crippen molar-refractivity contribution in [2.45, 2.75) is 114 Å². The number of piperidine rings is 2. The Kier molecular flexibility index (Phi) is 6.57. The van der Waals surface area contributed by atoms with Crippen LogP contribution in [0.2, 0.25) is 0 Å². The van der Waals surface area contributed by atoms with Crippen LogP contribution >= 0.6 is 0 Å². The molecule has 0 radical (unpaired) electrons. The molecule has 37 heavy (non-hydrogen) atoms. The van der Waals surface area contributed by atoms with E-state index in [0.29, 0.717) is 24.1 Å². The van der Waals surface area contributed by atoms with Gasteiger partial charge in [-0.2, -0.15) is 0 Å². The molecular formula is C32H46N4O. The van der Waals surface area contributed by atoms with E-state index in [1.165, 1.54) is 93.9 Å². The molecule has 0 amide bonds. The van der Waals surface area contributed by atoms with Gasteiger partial charge in [0.2, 0.25) is 0 Å². The van der Waals surface area contributed by atoms with Crippen LogP contribution < -0.4 is 0 Å². The second-order valence-electron chi connectivity index (χ2n) is 13.3. The third kappa shape index (κ3) is 4.65. The Balaban J connectivity index is 1.13. The van der Waals surface area contributed by atoms with Crippen LogP contribution in [0.4, 0.5) is 0 Å². The number of fused-ring (bicyclic) bond motifs is 5. The van der Waals surface area contributed by atoms with E-state index in [1.807, 2.05) is 0 Å². The molecule has 5 aliphatic rings. The van der Waals surface area contributed by atoms with Crippen molar-refractivity contribution < 1.29 is 5.11 Å². The van der Waals surface area contributed by atoms with E-state index >= 15 is 0 Å². The number of benzene rings is 1. The molecule has 1 aromatic heterocycles. The number of rotatable bonds is 6. The van der Waals surface area contributed by atoms with E-state index in [9.17, 15) is 5.11 Å². The molecule has 5 nitrogen and oxygen atoms in total. The fourth-order valence-corrected chi connectivity index (χ4v) is 9.24. The lowest BCUT2D eigenvalue weighted by atomic mass is 9.73. The van der Waals surface area contributed by atoms with Crippen molar-refractivity contribution in [1.29, 1.82) is 0 Å². The number of likely N-dealkylation sites (tertiary alicyclic amines) is 1. The molecule has 7 rings (SSSR count). The van der Waals surface area contributed by atoms with Crippen LogP contribution in [-0.2, 0) is 0 Å². The molecule has 2 aromatic rings. The van der Waals surface area contributed by atoms with Gasteiger partial charge in [0.1, 0.15) is 5.82 Å². The summed E-state index contributed by atoms with van der Waals surface area (Å²) in [5.41, 5.74) is 2.52. The molecule has 0 spiro atoms. The van der Waals surface area contributed by atoms with Gasteiger partial charge >= 0.3 is 0 Å². The highest BCUT2D eigenvalue weighted by atomic mass is 16.3. The summed E-state index contributed by atoms with van der Waals surface area (Å²) in [5.74, 6) is 4.11. The van der Waals surface area contributed by atoms with E-state index in [-0.39, 0.29) is 0 Å². The van der Waals surface area contributed by atoms with Crippen LogP contribution in [0, 0.1) is 11.8 Å². The molecule has 1 aromatic carbocycles. The van der Waals surface area contributed by atoms with E-state index in [2.05, 4.69) is 45.2 Å². The van der Waals surface area contributed by atoms with Gasteiger partial charge in [0, 0.05) is 56.1 Å². The van der Waals surface area contributed by atoms with E-state index in [1.54, 1.807) is 0 Å². The molecule has 3 aliphatic heterocycles. The van der Waals surface area contributed by atoms with Gasteiger partial charge in [-0.1, -0.05) is 50.8 Å². The van der Waals surface area contributed by atoms with Crippen molar-refractivity contribution in [3.8, 4) is 0 Å². The maximum atomic E-state index is 9.53. The normalized spacial score (nSPS) is 35.2. The Morgan fingerprint density at radius 2 is 1.54 bits per heavy atom. The molecule has 1 N–H and O–H groups in total. The summed E-state index contributed by atoms with van der Waals surface area (Å²) >= 11 is 0. The molecule has 2 unspecified atom stereocenters. The zero-order valence-electron chi connectivity index (χ0n) is 22.6. The number of imidazole rings is 1. The summed E-state index contributed by atoms with van der Waals surface area (Å²) in [6.07, 6.45) is 17.9. The fraction of sp³-hybridized carbons (Fsp3) is 0.719. The van der Waals surface area contributed by atoms with Gasteiger partial charge < -0.3 is 14.6 Å². The highest BCUT2D eigenvalue weighted by Crippen LogP contribution is 2.48. The molecule has 4 heterocycles. The van der Waals surface area contributed by atoms with E-state index in [4.69, 9.17) is 4.98 Å². The van der Waals surface area contributed by atoms with Crippen molar-refractivity contribution in [3.05, 3.63) is 42.4 Å². The third-order valence-electron chi connectivity index (χ3n) is 10.8. The standard InChI is InChI=1S/C32H46N4O/c1-22(37)13-14-34-20-25(21-34)32-33-30-11-4-5-12-31(30)36(32)29-18-26-9-6-10-27(19-29)35(26)28-16-23-7-2-3-8-24(15-23)17-28/h4-5,11-12,23-29,37H,1-3,6-10,13-21H2/t23-,24+,26-,27+,28?,29?. The van der Waals surface area contributed by atoms with Crippen LogP contribution in [0.15, 0.2) is 36.6 Å². The summed E-state index contributed by atoms with van der Waals surface area (Å²) in [5, 5.41) is 9.53. The molecule has 2 aliphatic carbocycles. The largest absolute Gasteiger partial charge is 0.513 e. The predicted molar refractivity (Wildman–Crippen MR) is 150 cm³/mol. The molecular weight excluding hydrogens is 456 g/mol. The lowest BCUT2D eigenvalue weighted by Gasteiger charge is -2.55. The van der Waals surface area contributed by atoms with Crippen LogP contribution in [-0.4, -0.2) is 62.2 Å². The maximum Gasteiger partial charge on any atom is 0.115 e. The van der Waals surface area contributed by atoms with Gasteiger partial charge in [-0.25, -0.2) is 4.98 Å². The number of hydrogen-bond donors (Lipinski definition) is 1. The van der Waals surface area contributed by atoms with Crippen molar-refractivity contribution in [3.63, 3.8) is 0 Å². The van der Waals surface area contributed by atoms with Gasteiger partial charge in [-0.15, -0.1) is 0 Å². The van der Waals surface area contributed by atoms with Crippen LogP contribution in [0.5, 0.6) is 0 Å². The average molecular weight is 503 g/mol.